The number of carbonyl (C=O) groups is 1. The highest BCUT2D eigenvalue weighted by molar-refractivity contribution is 9.10. The molecule has 0 aliphatic carbocycles. The van der Waals surface area contributed by atoms with Gasteiger partial charge in [-0.15, -0.1) is 23.5 Å². The Labute approximate surface area is 234 Å². The van der Waals surface area contributed by atoms with Crippen molar-refractivity contribution in [2.24, 2.45) is 5.10 Å². The summed E-state index contributed by atoms with van der Waals surface area (Å²) in [5.41, 5.74) is 5.47. The van der Waals surface area contributed by atoms with Gasteiger partial charge in [-0.25, -0.2) is 5.43 Å². The van der Waals surface area contributed by atoms with E-state index in [-0.39, 0.29) is 12.5 Å². The molecular weight excluding hydrogens is 636 g/mol. The number of halogens is 3. The first-order valence-corrected chi connectivity index (χ1v) is 14.7. The molecule has 1 heterocycles. The fourth-order valence-electron chi connectivity index (χ4n) is 3.16. The first kappa shape index (κ1) is 26.4. The summed E-state index contributed by atoms with van der Waals surface area (Å²) in [5, 5.41) is 4.43. The van der Waals surface area contributed by atoms with Gasteiger partial charge in [0.05, 0.1) is 20.3 Å². The number of nitrogens with zero attached hydrogens (tertiary/aromatic N) is 1. The van der Waals surface area contributed by atoms with E-state index in [1.807, 2.05) is 66.0 Å². The van der Waals surface area contributed by atoms with Crippen LogP contribution in [0.25, 0.3) is 0 Å². The summed E-state index contributed by atoms with van der Waals surface area (Å²) in [6, 6.07) is 19.3. The molecule has 1 fully saturated rings. The summed E-state index contributed by atoms with van der Waals surface area (Å²) >= 11 is 17.2. The van der Waals surface area contributed by atoms with Gasteiger partial charge < -0.3 is 9.47 Å². The Morgan fingerprint density at radius 1 is 1.06 bits per heavy atom. The van der Waals surface area contributed by atoms with Crippen molar-refractivity contribution in [3.05, 3.63) is 91.3 Å². The molecule has 1 aliphatic heterocycles. The monoisotopic (exact) mass is 654 g/mol. The van der Waals surface area contributed by atoms with Crippen LogP contribution in [0.15, 0.2) is 74.7 Å². The zero-order valence-corrected chi connectivity index (χ0v) is 23.9. The Balaban J connectivity index is 1.25. The lowest BCUT2D eigenvalue weighted by Crippen LogP contribution is -2.24. The maximum Gasteiger partial charge on any atom is 0.277 e. The molecule has 1 amide bonds. The maximum atomic E-state index is 12.1. The maximum absolute atomic E-state index is 12.1. The first-order chi connectivity index (χ1) is 17.0. The van der Waals surface area contributed by atoms with E-state index in [1.165, 1.54) is 23.3 Å². The van der Waals surface area contributed by atoms with Gasteiger partial charge in [0.1, 0.15) is 12.4 Å². The minimum atomic E-state index is -0.355. The number of hydrogen-bond donors (Lipinski definition) is 1. The molecule has 3 aromatic rings. The molecule has 35 heavy (non-hydrogen) atoms. The van der Waals surface area contributed by atoms with E-state index in [9.17, 15) is 4.79 Å². The molecule has 5 nitrogen and oxygen atoms in total. The summed E-state index contributed by atoms with van der Waals surface area (Å²) < 4.78 is 13.6. The molecule has 0 unspecified atom stereocenters. The van der Waals surface area contributed by atoms with E-state index in [0.29, 0.717) is 37.7 Å². The molecule has 4 rings (SSSR count). The van der Waals surface area contributed by atoms with E-state index in [1.54, 1.807) is 6.07 Å². The SMILES string of the molecule is O=C(COc1ccc(C2SCCS2)cc1)N/N=C\c1cc(Cl)c(OCc2ccc(Br)cc2)c(Br)c1. The van der Waals surface area contributed by atoms with Crippen molar-refractivity contribution >= 4 is 79.1 Å². The normalized spacial score (nSPS) is 13.8. The van der Waals surface area contributed by atoms with Crippen LogP contribution in [0.3, 0.4) is 0 Å². The minimum Gasteiger partial charge on any atom is -0.486 e. The van der Waals surface area contributed by atoms with Crippen molar-refractivity contribution in [1.82, 2.24) is 5.43 Å². The fraction of sp³-hybridized carbons (Fsp3) is 0.200. The Hall–Kier alpha value is -1.65. The molecule has 3 aromatic carbocycles. The molecule has 0 radical (unpaired) electrons. The van der Waals surface area contributed by atoms with Crippen LogP contribution in [-0.2, 0) is 11.4 Å². The van der Waals surface area contributed by atoms with Gasteiger partial charge in [-0.3, -0.25) is 4.79 Å². The van der Waals surface area contributed by atoms with Gasteiger partial charge in [-0.2, -0.15) is 5.10 Å². The second kappa shape index (κ2) is 13.1. The number of thioether (sulfide) groups is 2. The molecule has 1 aliphatic rings. The Bertz CT molecular complexity index is 1170. The van der Waals surface area contributed by atoms with Crippen LogP contribution in [-0.4, -0.2) is 30.2 Å². The highest BCUT2D eigenvalue weighted by Crippen LogP contribution is 2.45. The van der Waals surface area contributed by atoms with E-state index < -0.39 is 0 Å². The number of hydrogen-bond acceptors (Lipinski definition) is 6. The summed E-state index contributed by atoms with van der Waals surface area (Å²) in [5.74, 6) is 3.20. The van der Waals surface area contributed by atoms with Crippen molar-refractivity contribution in [3.8, 4) is 11.5 Å². The van der Waals surface area contributed by atoms with E-state index in [0.717, 1.165) is 10.0 Å². The van der Waals surface area contributed by atoms with Gasteiger partial charge in [0, 0.05) is 16.0 Å². The summed E-state index contributed by atoms with van der Waals surface area (Å²) in [7, 11) is 0. The lowest BCUT2D eigenvalue weighted by atomic mass is 10.2. The molecule has 0 saturated carbocycles. The van der Waals surface area contributed by atoms with Crippen LogP contribution in [0.5, 0.6) is 11.5 Å². The van der Waals surface area contributed by atoms with Crippen LogP contribution in [0.2, 0.25) is 5.02 Å². The van der Waals surface area contributed by atoms with E-state index in [2.05, 4.69) is 54.5 Å². The third kappa shape index (κ3) is 7.92. The zero-order chi connectivity index (χ0) is 24.6. The second-order valence-corrected chi connectivity index (χ2v) is 12.4. The molecule has 1 N–H and O–H groups in total. The molecule has 1 saturated heterocycles. The predicted molar refractivity (Wildman–Crippen MR) is 153 cm³/mol. The second-order valence-electron chi connectivity index (χ2n) is 7.45. The Morgan fingerprint density at radius 2 is 1.77 bits per heavy atom. The Kier molecular flexibility index (Phi) is 9.85. The fourth-order valence-corrected chi connectivity index (χ4v) is 7.27. The minimum absolute atomic E-state index is 0.128. The number of hydrazone groups is 1. The van der Waals surface area contributed by atoms with Crippen molar-refractivity contribution in [1.29, 1.82) is 0 Å². The molecular formula is C25H21Br2ClN2O3S2. The van der Waals surface area contributed by atoms with Crippen LogP contribution < -0.4 is 14.9 Å². The van der Waals surface area contributed by atoms with Gasteiger partial charge in [-0.1, -0.05) is 51.8 Å². The summed E-state index contributed by atoms with van der Waals surface area (Å²) in [6.07, 6.45) is 1.51. The molecule has 0 bridgehead atoms. The van der Waals surface area contributed by atoms with Gasteiger partial charge in [0.25, 0.3) is 5.91 Å². The van der Waals surface area contributed by atoms with Crippen LogP contribution >= 0.6 is 67.0 Å². The van der Waals surface area contributed by atoms with Crippen LogP contribution in [0, 0.1) is 0 Å². The number of amides is 1. The molecule has 0 aromatic heterocycles. The summed E-state index contributed by atoms with van der Waals surface area (Å²) in [4.78, 5) is 12.1. The van der Waals surface area contributed by atoms with Gasteiger partial charge in [0.2, 0.25) is 0 Å². The third-order valence-corrected chi connectivity index (χ3v) is 9.37. The van der Waals surface area contributed by atoms with Crippen molar-refractivity contribution in [3.63, 3.8) is 0 Å². The van der Waals surface area contributed by atoms with E-state index in [4.69, 9.17) is 21.1 Å². The molecule has 0 spiro atoms. The van der Waals surface area contributed by atoms with Crippen molar-refractivity contribution in [2.45, 2.75) is 11.2 Å². The van der Waals surface area contributed by atoms with Crippen molar-refractivity contribution < 1.29 is 14.3 Å². The van der Waals surface area contributed by atoms with Crippen molar-refractivity contribution in [2.75, 3.05) is 18.1 Å². The molecule has 0 atom stereocenters. The van der Waals surface area contributed by atoms with Crippen LogP contribution in [0.1, 0.15) is 21.3 Å². The lowest BCUT2D eigenvalue weighted by Gasteiger charge is -2.11. The van der Waals surface area contributed by atoms with Gasteiger partial charge in [-0.05, 0) is 69.0 Å². The first-order valence-electron chi connectivity index (χ1n) is 10.6. The molecule has 10 heteroatoms. The smallest absolute Gasteiger partial charge is 0.277 e. The number of rotatable bonds is 9. The molecule has 182 valence electrons. The number of ether oxygens (including phenoxy) is 2. The quantitative estimate of drug-likeness (QED) is 0.192. The standard InChI is InChI=1S/C25H21Br2ClN2O3S2/c26-19-5-1-16(2-6-19)14-33-24-21(27)11-17(12-22(24)28)13-29-30-23(31)15-32-20-7-3-18(4-8-20)25-34-9-10-35-25/h1-8,11-13,25H,9-10,14-15H2,(H,30,31)/b29-13-. The largest absolute Gasteiger partial charge is 0.486 e. The lowest BCUT2D eigenvalue weighted by molar-refractivity contribution is -0.123. The van der Waals surface area contributed by atoms with E-state index >= 15 is 0 Å². The average Bonchev–Trinajstić information content (AvgIpc) is 3.39. The highest BCUT2D eigenvalue weighted by atomic mass is 79.9. The van der Waals surface area contributed by atoms with Gasteiger partial charge in [0.15, 0.2) is 12.4 Å². The Morgan fingerprint density at radius 3 is 2.46 bits per heavy atom. The highest BCUT2D eigenvalue weighted by Gasteiger charge is 2.18. The number of benzene rings is 3. The zero-order valence-electron chi connectivity index (χ0n) is 18.4. The number of carbonyl (C=O) groups excluding carboxylic acids is 1. The summed E-state index contributed by atoms with van der Waals surface area (Å²) in [6.45, 7) is 0.257. The average molecular weight is 657 g/mol. The third-order valence-electron chi connectivity index (χ3n) is 4.86. The predicted octanol–water partition coefficient (Wildman–Crippen LogP) is 7.45. The van der Waals surface area contributed by atoms with Gasteiger partial charge >= 0.3 is 0 Å². The number of nitrogens with one attached hydrogen (secondary N) is 1. The topological polar surface area (TPSA) is 59.9 Å². The van der Waals surface area contributed by atoms with Crippen LogP contribution in [0.4, 0.5) is 0 Å².